The smallest absolute Gasteiger partial charge is 0.190 e. The Kier molecular flexibility index (Phi) is 11.4. The van der Waals surface area contributed by atoms with Gasteiger partial charge in [-0.2, -0.15) is 0 Å². The van der Waals surface area contributed by atoms with E-state index in [1.165, 1.54) is 38.0 Å². The fraction of sp³-hybridized carbons (Fsp3) is 0.667. The van der Waals surface area contributed by atoms with E-state index in [0.717, 1.165) is 37.8 Å². The van der Waals surface area contributed by atoms with E-state index in [1.54, 1.807) is 0 Å². The maximum absolute atomic E-state index is 5.79. The number of hydrogen-bond donors (Lipinski definition) is 2. The summed E-state index contributed by atoms with van der Waals surface area (Å²) in [6.45, 7) is 7.81. The summed E-state index contributed by atoms with van der Waals surface area (Å²) < 4.78 is 0. The summed E-state index contributed by atoms with van der Waals surface area (Å²) in [5.41, 5.74) is 1.17. The number of nitrogens with one attached hydrogen (secondary N) is 2. The van der Waals surface area contributed by atoms with Crippen molar-refractivity contribution >= 4 is 41.5 Å². The van der Waals surface area contributed by atoms with E-state index in [4.69, 9.17) is 11.6 Å². The maximum atomic E-state index is 5.79. The summed E-state index contributed by atoms with van der Waals surface area (Å²) in [5.74, 6) is 1.72. The summed E-state index contributed by atoms with van der Waals surface area (Å²) in [6, 6.07) is 3.83. The van der Waals surface area contributed by atoms with Crippen LogP contribution in [0, 0.1) is 5.92 Å². The molecule has 2 heterocycles. The van der Waals surface area contributed by atoms with Crippen molar-refractivity contribution in [2.45, 2.75) is 32.6 Å². The van der Waals surface area contributed by atoms with Gasteiger partial charge in [-0.3, -0.25) is 4.99 Å². The summed E-state index contributed by atoms with van der Waals surface area (Å²) in [7, 11) is 1.81. The van der Waals surface area contributed by atoms with Crippen molar-refractivity contribution in [3.8, 4) is 0 Å². The minimum absolute atomic E-state index is 0. The summed E-state index contributed by atoms with van der Waals surface area (Å²) in [4.78, 5) is 11.0. The highest BCUT2D eigenvalue weighted by Crippen LogP contribution is 2.15. The minimum Gasteiger partial charge on any atom is -0.356 e. The topological polar surface area (TPSA) is 52.6 Å². The zero-order chi connectivity index (χ0) is 17.2. The summed E-state index contributed by atoms with van der Waals surface area (Å²) >= 11 is 5.79. The third-order valence-electron chi connectivity index (χ3n) is 4.40. The van der Waals surface area contributed by atoms with Gasteiger partial charge in [0.05, 0.1) is 0 Å². The van der Waals surface area contributed by atoms with Crippen LogP contribution in [0.1, 0.15) is 31.7 Å². The number of halogens is 2. The van der Waals surface area contributed by atoms with Gasteiger partial charge in [0.25, 0.3) is 0 Å². The molecule has 1 atom stereocenters. The Labute approximate surface area is 174 Å². The standard InChI is InChI=1S/C18H30ClN5.HI/c1-15-5-3-11-24(14-15)12-4-9-21-18(20-2)22-10-8-16-6-7-17(19)23-13-16;/h6-7,13,15H,3-5,8-12,14H2,1-2H3,(H2,20,21,22);1H. The third kappa shape index (κ3) is 9.06. The molecule has 5 nitrogen and oxygen atoms in total. The summed E-state index contributed by atoms with van der Waals surface area (Å²) in [5, 5.41) is 7.27. The Balaban J connectivity index is 0.00000312. The highest BCUT2D eigenvalue weighted by molar-refractivity contribution is 14.0. The van der Waals surface area contributed by atoms with Crippen LogP contribution in [0.4, 0.5) is 0 Å². The molecule has 1 unspecified atom stereocenters. The molecule has 1 aliphatic heterocycles. The first kappa shape index (κ1) is 22.4. The lowest BCUT2D eigenvalue weighted by Gasteiger charge is -2.30. The molecule has 0 bridgehead atoms. The summed E-state index contributed by atoms with van der Waals surface area (Å²) in [6.07, 6.45) is 6.59. The molecule has 1 aromatic rings. The number of hydrogen-bond acceptors (Lipinski definition) is 3. The van der Waals surface area contributed by atoms with Gasteiger partial charge in [0.2, 0.25) is 0 Å². The molecule has 7 heteroatoms. The average Bonchev–Trinajstić information content (AvgIpc) is 2.59. The predicted octanol–water partition coefficient (Wildman–Crippen LogP) is 3.18. The first-order chi connectivity index (χ1) is 11.7. The maximum Gasteiger partial charge on any atom is 0.190 e. The van der Waals surface area contributed by atoms with Crippen LogP contribution >= 0.6 is 35.6 Å². The zero-order valence-electron chi connectivity index (χ0n) is 15.3. The van der Waals surface area contributed by atoms with Crippen molar-refractivity contribution in [1.29, 1.82) is 0 Å². The molecule has 2 rings (SSSR count). The van der Waals surface area contributed by atoms with Gasteiger partial charge >= 0.3 is 0 Å². The predicted molar refractivity (Wildman–Crippen MR) is 117 cm³/mol. The number of piperidine rings is 1. The lowest BCUT2D eigenvalue weighted by Crippen LogP contribution is -2.40. The highest BCUT2D eigenvalue weighted by atomic mass is 127. The van der Waals surface area contributed by atoms with Crippen LogP contribution in [-0.2, 0) is 6.42 Å². The Morgan fingerprint density at radius 3 is 2.84 bits per heavy atom. The van der Waals surface area contributed by atoms with Gasteiger partial charge in [-0.05, 0) is 56.3 Å². The van der Waals surface area contributed by atoms with Crippen molar-refractivity contribution in [2.75, 3.05) is 39.8 Å². The molecule has 1 fully saturated rings. The second-order valence-corrected chi connectivity index (χ2v) is 6.95. The molecule has 2 N–H and O–H groups in total. The fourth-order valence-corrected chi connectivity index (χ4v) is 3.21. The number of rotatable bonds is 7. The van der Waals surface area contributed by atoms with Crippen molar-refractivity contribution in [2.24, 2.45) is 10.9 Å². The molecule has 0 aromatic carbocycles. The number of likely N-dealkylation sites (tertiary alicyclic amines) is 1. The van der Waals surface area contributed by atoms with Gasteiger partial charge < -0.3 is 15.5 Å². The van der Waals surface area contributed by atoms with Crippen LogP contribution in [0.5, 0.6) is 0 Å². The largest absolute Gasteiger partial charge is 0.356 e. The van der Waals surface area contributed by atoms with Gasteiger partial charge in [0.1, 0.15) is 5.15 Å². The van der Waals surface area contributed by atoms with Crippen molar-refractivity contribution in [3.05, 3.63) is 29.0 Å². The second-order valence-electron chi connectivity index (χ2n) is 6.57. The monoisotopic (exact) mass is 479 g/mol. The van der Waals surface area contributed by atoms with Gasteiger partial charge in [-0.25, -0.2) is 4.98 Å². The number of aromatic nitrogens is 1. The average molecular weight is 480 g/mol. The van der Waals surface area contributed by atoms with E-state index in [0.29, 0.717) is 5.15 Å². The van der Waals surface area contributed by atoms with E-state index in [1.807, 2.05) is 25.4 Å². The van der Waals surface area contributed by atoms with Crippen LogP contribution < -0.4 is 10.6 Å². The van der Waals surface area contributed by atoms with E-state index >= 15 is 0 Å². The van der Waals surface area contributed by atoms with Crippen molar-refractivity contribution in [3.63, 3.8) is 0 Å². The molecular formula is C18H31ClIN5. The molecule has 0 aliphatic carbocycles. The lowest BCUT2D eigenvalue weighted by molar-refractivity contribution is 0.182. The minimum atomic E-state index is 0. The lowest BCUT2D eigenvalue weighted by atomic mass is 10.0. The van der Waals surface area contributed by atoms with Crippen molar-refractivity contribution < 1.29 is 0 Å². The Hall–Kier alpha value is -0.600. The van der Waals surface area contributed by atoms with Crippen LogP contribution in [0.15, 0.2) is 23.3 Å². The Bertz CT molecular complexity index is 509. The SMILES string of the molecule is CN=C(NCCCN1CCCC(C)C1)NCCc1ccc(Cl)nc1.I. The Morgan fingerprint density at radius 1 is 1.36 bits per heavy atom. The number of aliphatic imine (C=N–C) groups is 1. The first-order valence-electron chi connectivity index (χ1n) is 8.94. The molecular weight excluding hydrogens is 449 g/mol. The highest BCUT2D eigenvalue weighted by Gasteiger charge is 2.15. The molecule has 1 aromatic heterocycles. The van der Waals surface area contributed by atoms with E-state index in [2.05, 4.69) is 32.4 Å². The van der Waals surface area contributed by atoms with Gasteiger partial charge in [0.15, 0.2) is 5.96 Å². The molecule has 0 spiro atoms. The van der Waals surface area contributed by atoms with Crippen molar-refractivity contribution in [1.82, 2.24) is 20.5 Å². The van der Waals surface area contributed by atoms with E-state index < -0.39 is 0 Å². The van der Waals surface area contributed by atoms with Gasteiger partial charge in [0, 0.05) is 32.9 Å². The van der Waals surface area contributed by atoms with E-state index in [-0.39, 0.29) is 24.0 Å². The molecule has 0 saturated carbocycles. The molecule has 25 heavy (non-hydrogen) atoms. The first-order valence-corrected chi connectivity index (χ1v) is 9.32. The number of guanidine groups is 1. The second kappa shape index (κ2) is 12.7. The normalized spacial score (nSPS) is 18.5. The number of nitrogens with zero attached hydrogens (tertiary/aromatic N) is 3. The van der Waals surface area contributed by atoms with Crippen LogP contribution in [0.3, 0.4) is 0 Å². The molecule has 0 radical (unpaired) electrons. The molecule has 1 saturated heterocycles. The van der Waals surface area contributed by atoms with Gasteiger partial charge in [-0.15, -0.1) is 24.0 Å². The fourth-order valence-electron chi connectivity index (χ4n) is 3.10. The molecule has 1 aliphatic rings. The number of pyridine rings is 1. The third-order valence-corrected chi connectivity index (χ3v) is 4.63. The zero-order valence-corrected chi connectivity index (χ0v) is 18.4. The van der Waals surface area contributed by atoms with Gasteiger partial charge in [-0.1, -0.05) is 24.6 Å². The van der Waals surface area contributed by atoms with Crippen LogP contribution in [-0.4, -0.2) is 55.6 Å². The van der Waals surface area contributed by atoms with Crippen LogP contribution in [0.2, 0.25) is 5.15 Å². The molecule has 142 valence electrons. The molecule has 0 amide bonds. The quantitative estimate of drug-likeness (QED) is 0.207. The van der Waals surface area contributed by atoms with E-state index in [9.17, 15) is 0 Å². The van der Waals surface area contributed by atoms with Crippen LogP contribution in [0.25, 0.3) is 0 Å². The Morgan fingerprint density at radius 2 is 2.16 bits per heavy atom.